The first-order valence-corrected chi connectivity index (χ1v) is 9.51. The number of benzene rings is 2. The molecule has 4 rings (SSSR count). The van der Waals surface area contributed by atoms with Gasteiger partial charge in [0.2, 0.25) is 0 Å². The first-order valence-electron chi connectivity index (χ1n) is 9.13. The Bertz CT molecular complexity index is 1150. The summed E-state index contributed by atoms with van der Waals surface area (Å²) in [4.78, 5) is 17.1. The van der Waals surface area contributed by atoms with E-state index in [0.29, 0.717) is 53.2 Å². The monoisotopic (exact) mass is 408 g/mol. The molecule has 0 atom stereocenters. The van der Waals surface area contributed by atoms with Gasteiger partial charge in [-0.1, -0.05) is 29.8 Å². The van der Waals surface area contributed by atoms with Gasteiger partial charge in [0, 0.05) is 41.2 Å². The van der Waals surface area contributed by atoms with Crippen LogP contribution in [0.4, 0.5) is 11.5 Å². The topological polar surface area (TPSA) is 103 Å². The maximum Gasteiger partial charge on any atom is 0.270 e. The van der Waals surface area contributed by atoms with Gasteiger partial charge < -0.3 is 10.0 Å². The lowest BCUT2D eigenvalue weighted by Crippen LogP contribution is -2.43. The summed E-state index contributed by atoms with van der Waals surface area (Å²) in [5, 5.41) is 32.6. The Morgan fingerprint density at radius 3 is 2.59 bits per heavy atom. The Morgan fingerprint density at radius 2 is 1.93 bits per heavy atom. The van der Waals surface area contributed by atoms with Crippen LogP contribution in [0.2, 0.25) is 5.02 Å². The highest BCUT2D eigenvalue weighted by Gasteiger charge is 2.36. The van der Waals surface area contributed by atoms with E-state index in [2.05, 4.69) is 11.1 Å². The molecule has 0 spiro atoms. The summed E-state index contributed by atoms with van der Waals surface area (Å²) in [6.07, 6.45) is 0.942. The van der Waals surface area contributed by atoms with Crippen molar-refractivity contribution in [1.29, 1.82) is 5.26 Å². The van der Waals surface area contributed by atoms with Gasteiger partial charge in [-0.15, -0.1) is 0 Å². The number of nitriles is 1. The Morgan fingerprint density at radius 1 is 1.21 bits per heavy atom. The first kappa shape index (κ1) is 19.1. The molecule has 1 aliphatic rings. The second kappa shape index (κ2) is 7.32. The molecular formula is C21H17ClN4O3. The average molecular weight is 409 g/mol. The molecule has 3 aromatic rings. The van der Waals surface area contributed by atoms with Gasteiger partial charge in [0.15, 0.2) is 0 Å². The van der Waals surface area contributed by atoms with Gasteiger partial charge in [-0.25, -0.2) is 4.98 Å². The Hall–Kier alpha value is -3.21. The van der Waals surface area contributed by atoms with Crippen LogP contribution in [0.25, 0.3) is 10.9 Å². The molecule has 1 fully saturated rings. The van der Waals surface area contributed by atoms with E-state index >= 15 is 0 Å². The molecule has 29 heavy (non-hydrogen) atoms. The first-order chi connectivity index (χ1) is 13.9. The molecule has 0 radical (unpaired) electrons. The molecule has 0 amide bonds. The van der Waals surface area contributed by atoms with Crippen molar-refractivity contribution in [3.05, 3.63) is 74.8 Å². The van der Waals surface area contributed by atoms with Gasteiger partial charge in [-0.05, 0) is 31.0 Å². The predicted molar refractivity (Wildman–Crippen MR) is 110 cm³/mol. The molecule has 0 saturated carbocycles. The standard InChI is InChI=1S/C21H17ClN4O3/c22-18-4-2-1-3-17(18)21(27)7-9-25(10-8-21)20-11-14(13-23)16-12-15(26(28)29)5-6-19(16)24-20/h1-6,11-12,27H,7-10H2. The van der Waals surface area contributed by atoms with E-state index in [4.69, 9.17) is 11.6 Å². The molecule has 2 heterocycles. The van der Waals surface area contributed by atoms with Crippen molar-refractivity contribution in [2.75, 3.05) is 18.0 Å². The summed E-state index contributed by atoms with van der Waals surface area (Å²) in [7, 11) is 0. The van der Waals surface area contributed by atoms with Gasteiger partial charge >= 0.3 is 0 Å². The maximum absolute atomic E-state index is 11.1. The molecule has 0 unspecified atom stereocenters. The van der Waals surface area contributed by atoms with Crippen molar-refractivity contribution in [3.63, 3.8) is 0 Å². The number of hydrogen-bond acceptors (Lipinski definition) is 6. The van der Waals surface area contributed by atoms with E-state index in [1.807, 2.05) is 23.1 Å². The minimum Gasteiger partial charge on any atom is -0.385 e. The number of aliphatic hydroxyl groups is 1. The number of fused-ring (bicyclic) bond motifs is 1. The molecule has 146 valence electrons. The van der Waals surface area contributed by atoms with E-state index in [1.54, 1.807) is 18.2 Å². The third-order valence-electron chi connectivity index (χ3n) is 5.40. The van der Waals surface area contributed by atoms with Crippen LogP contribution in [0.1, 0.15) is 24.0 Å². The van der Waals surface area contributed by atoms with E-state index in [9.17, 15) is 20.5 Å². The zero-order valence-electron chi connectivity index (χ0n) is 15.4. The Balaban J connectivity index is 1.63. The lowest BCUT2D eigenvalue weighted by atomic mass is 9.84. The number of halogens is 1. The number of rotatable bonds is 3. The van der Waals surface area contributed by atoms with Crippen molar-refractivity contribution < 1.29 is 10.0 Å². The third kappa shape index (κ3) is 3.48. The minimum absolute atomic E-state index is 0.0775. The number of aromatic nitrogens is 1. The molecule has 1 aliphatic heterocycles. The highest BCUT2D eigenvalue weighted by molar-refractivity contribution is 6.31. The summed E-state index contributed by atoms with van der Waals surface area (Å²) in [5.74, 6) is 0.615. The Labute approximate surface area is 171 Å². The van der Waals surface area contributed by atoms with Crippen LogP contribution in [-0.2, 0) is 5.60 Å². The lowest BCUT2D eigenvalue weighted by molar-refractivity contribution is -0.384. The minimum atomic E-state index is -1.01. The van der Waals surface area contributed by atoms with Crippen LogP contribution in [0.3, 0.4) is 0 Å². The van der Waals surface area contributed by atoms with Crippen LogP contribution in [0.5, 0.6) is 0 Å². The highest BCUT2D eigenvalue weighted by Crippen LogP contribution is 2.38. The van der Waals surface area contributed by atoms with Crippen molar-refractivity contribution in [2.24, 2.45) is 0 Å². The lowest BCUT2D eigenvalue weighted by Gasteiger charge is -2.39. The van der Waals surface area contributed by atoms with E-state index in [0.717, 1.165) is 5.56 Å². The number of anilines is 1. The van der Waals surface area contributed by atoms with Gasteiger partial charge in [0.25, 0.3) is 5.69 Å². The quantitative estimate of drug-likeness (QED) is 0.515. The van der Waals surface area contributed by atoms with Gasteiger partial charge in [0.05, 0.1) is 27.7 Å². The SMILES string of the molecule is N#Cc1cc(N2CCC(O)(c3ccccc3Cl)CC2)nc2ccc([N+](=O)[O-])cc12. The third-order valence-corrected chi connectivity index (χ3v) is 5.73. The van der Waals surface area contributed by atoms with Crippen molar-refractivity contribution in [3.8, 4) is 6.07 Å². The normalized spacial score (nSPS) is 15.8. The summed E-state index contributed by atoms with van der Waals surface area (Å²) < 4.78 is 0. The Kier molecular flexibility index (Phi) is 4.82. The summed E-state index contributed by atoms with van der Waals surface area (Å²) in [6, 6.07) is 15.4. The number of nitro groups is 1. The second-order valence-corrected chi connectivity index (χ2v) is 7.50. The molecule has 0 bridgehead atoms. The molecule has 7 nitrogen and oxygen atoms in total. The molecule has 8 heteroatoms. The predicted octanol–water partition coefficient (Wildman–Crippen LogP) is 4.16. The van der Waals surface area contributed by atoms with Crippen LogP contribution in [-0.4, -0.2) is 28.1 Å². The van der Waals surface area contributed by atoms with Crippen LogP contribution >= 0.6 is 11.6 Å². The van der Waals surface area contributed by atoms with Gasteiger partial charge in [0.1, 0.15) is 5.82 Å². The van der Waals surface area contributed by atoms with Crippen molar-refractivity contribution in [2.45, 2.75) is 18.4 Å². The van der Waals surface area contributed by atoms with E-state index in [1.165, 1.54) is 12.1 Å². The van der Waals surface area contributed by atoms with Gasteiger partial charge in [-0.2, -0.15) is 5.26 Å². The van der Waals surface area contributed by atoms with Crippen LogP contribution < -0.4 is 4.90 Å². The number of nitrogens with zero attached hydrogens (tertiary/aromatic N) is 4. The maximum atomic E-state index is 11.1. The van der Waals surface area contributed by atoms with Gasteiger partial charge in [-0.3, -0.25) is 10.1 Å². The fourth-order valence-electron chi connectivity index (χ4n) is 3.78. The van der Waals surface area contributed by atoms with Crippen LogP contribution in [0.15, 0.2) is 48.5 Å². The number of nitro benzene ring substituents is 1. The summed E-state index contributed by atoms with van der Waals surface area (Å²) >= 11 is 6.27. The molecule has 1 aromatic heterocycles. The van der Waals surface area contributed by atoms with E-state index in [-0.39, 0.29) is 5.69 Å². The van der Waals surface area contributed by atoms with Crippen LogP contribution in [0, 0.1) is 21.4 Å². The highest BCUT2D eigenvalue weighted by atomic mass is 35.5. The number of hydrogen-bond donors (Lipinski definition) is 1. The number of piperidine rings is 1. The zero-order valence-corrected chi connectivity index (χ0v) is 16.1. The zero-order chi connectivity index (χ0) is 20.6. The molecule has 2 aromatic carbocycles. The molecular weight excluding hydrogens is 392 g/mol. The largest absolute Gasteiger partial charge is 0.385 e. The second-order valence-electron chi connectivity index (χ2n) is 7.10. The van der Waals surface area contributed by atoms with E-state index < -0.39 is 10.5 Å². The molecule has 1 saturated heterocycles. The molecule has 0 aliphatic carbocycles. The summed E-state index contributed by atoms with van der Waals surface area (Å²) in [5.41, 5.74) is 0.492. The summed E-state index contributed by atoms with van der Waals surface area (Å²) in [6.45, 7) is 1.08. The van der Waals surface area contributed by atoms with Crippen molar-refractivity contribution in [1.82, 2.24) is 4.98 Å². The molecule has 1 N–H and O–H groups in total. The fraction of sp³-hybridized carbons (Fsp3) is 0.238. The fourth-order valence-corrected chi connectivity index (χ4v) is 4.09. The average Bonchev–Trinajstić information content (AvgIpc) is 2.73. The smallest absolute Gasteiger partial charge is 0.270 e. The number of pyridine rings is 1. The van der Waals surface area contributed by atoms with Crippen molar-refractivity contribution >= 4 is 34.0 Å². The number of non-ortho nitro benzene ring substituents is 1.